The van der Waals surface area contributed by atoms with Crippen molar-refractivity contribution in [2.45, 2.75) is 6.42 Å². The minimum Gasteiger partial charge on any atom is -0.496 e. The predicted molar refractivity (Wildman–Crippen MR) is 111 cm³/mol. The number of rotatable bonds is 5. The molecule has 2 amide bonds. The van der Waals surface area contributed by atoms with Gasteiger partial charge in [0.25, 0.3) is 17.5 Å². The van der Waals surface area contributed by atoms with Gasteiger partial charge in [0.15, 0.2) is 0 Å². The standard InChI is InChI=1S/C23H19N3O6/c1-31-19-8-11(26(29)30)2-4-15(19)18-7-3-12(32-18)10-24-25-22(27)20-13-5-6-14(17-9-16(13)17)21(20)23(25)28/h2-8,10,13-14,16-17,20-21H,9H2,1H3/t13-,14-,16-,17-,20-,21+/m0/s1. The van der Waals surface area contributed by atoms with E-state index in [2.05, 4.69) is 17.3 Å². The van der Waals surface area contributed by atoms with Gasteiger partial charge in [-0.3, -0.25) is 19.7 Å². The number of methoxy groups -OCH3 is 1. The van der Waals surface area contributed by atoms with E-state index in [0.717, 1.165) is 11.4 Å². The second kappa shape index (κ2) is 6.62. The summed E-state index contributed by atoms with van der Waals surface area (Å²) >= 11 is 0. The highest BCUT2D eigenvalue weighted by molar-refractivity contribution is 6.06. The van der Waals surface area contributed by atoms with Crippen LogP contribution in [0.4, 0.5) is 5.69 Å². The highest BCUT2D eigenvalue weighted by Gasteiger charge is 2.67. The largest absolute Gasteiger partial charge is 0.496 e. The number of carbonyl (C=O) groups is 2. The Kier molecular flexibility index (Phi) is 3.93. The van der Waals surface area contributed by atoms with E-state index in [-0.39, 0.29) is 41.2 Å². The smallest absolute Gasteiger partial charge is 0.273 e. The molecule has 2 heterocycles. The van der Waals surface area contributed by atoms with Gasteiger partial charge >= 0.3 is 0 Å². The predicted octanol–water partition coefficient (Wildman–Crippen LogP) is 3.25. The number of hydrazone groups is 1. The van der Waals surface area contributed by atoms with Crippen LogP contribution in [0.25, 0.3) is 11.3 Å². The molecule has 9 heteroatoms. The average Bonchev–Trinajstić information content (AvgIpc) is 3.44. The minimum absolute atomic E-state index is 0.0902. The molecule has 2 saturated carbocycles. The molecule has 0 radical (unpaired) electrons. The van der Waals surface area contributed by atoms with E-state index >= 15 is 0 Å². The third kappa shape index (κ3) is 2.60. The number of furan rings is 1. The molecule has 3 fully saturated rings. The van der Waals surface area contributed by atoms with Gasteiger partial charge in [0.05, 0.1) is 41.7 Å². The molecule has 6 atom stereocenters. The topological polar surface area (TPSA) is 115 Å². The Balaban J connectivity index is 1.24. The second-order valence-corrected chi connectivity index (χ2v) is 8.73. The van der Waals surface area contributed by atoms with Crippen molar-refractivity contribution in [2.24, 2.45) is 40.6 Å². The fraction of sp³-hybridized carbons (Fsp3) is 0.348. The molecule has 1 aliphatic heterocycles. The molecular weight excluding hydrogens is 414 g/mol. The van der Waals surface area contributed by atoms with Crippen molar-refractivity contribution >= 4 is 23.7 Å². The van der Waals surface area contributed by atoms with Gasteiger partial charge in [0, 0.05) is 6.07 Å². The Morgan fingerprint density at radius 3 is 2.44 bits per heavy atom. The molecule has 1 saturated heterocycles. The minimum atomic E-state index is -0.501. The summed E-state index contributed by atoms with van der Waals surface area (Å²) in [6, 6.07) is 7.56. The summed E-state index contributed by atoms with van der Waals surface area (Å²) in [5.41, 5.74) is 0.450. The van der Waals surface area contributed by atoms with Gasteiger partial charge in [-0.25, -0.2) is 0 Å². The lowest BCUT2D eigenvalue weighted by Crippen LogP contribution is -2.40. The van der Waals surface area contributed by atoms with Gasteiger partial charge in [0.1, 0.15) is 17.3 Å². The molecule has 9 nitrogen and oxygen atoms in total. The number of allylic oxidation sites excluding steroid dienone is 2. The molecule has 0 spiro atoms. The van der Waals surface area contributed by atoms with Crippen LogP contribution in [-0.2, 0) is 9.59 Å². The van der Waals surface area contributed by atoms with Gasteiger partial charge in [0.2, 0.25) is 0 Å². The van der Waals surface area contributed by atoms with Crippen LogP contribution in [0.1, 0.15) is 12.2 Å². The summed E-state index contributed by atoms with van der Waals surface area (Å²) in [6.45, 7) is 0. The zero-order chi connectivity index (χ0) is 22.1. The van der Waals surface area contributed by atoms with Crippen LogP contribution in [0, 0.1) is 45.6 Å². The number of nitro benzene ring substituents is 1. The number of ether oxygens (including phenoxy) is 1. The summed E-state index contributed by atoms with van der Waals surface area (Å²) < 4.78 is 11.0. The maximum atomic E-state index is 13.0. The van der Waals surface area contributed by atoms with E-state index in [0.29, 0.717) is 34.7 Å². The van der Waals surface area contributed by atoms with Crippen LogP contribution in [0.15, 0.2) is 52.0 Å². The van der Waals surface area contributed by atoms with Crippen molar-refractivity contribution in [1.29, 1.82) is 0 Å². The quantitative estimate of drug-likeness (QED) is 0.235. The Hall–Kier alpha value is -3.75. The fourth-order valence-corrected chi connectivity index (χ4v) is 5.73. The third-order valence-corrected chi connectivity index (χ3v) is 7.23. The monoisotopic (exact) mass is 433 g/mol. The normalized spacial score (nSPS) is 31.8. The van der Waals surface area contributed by atoms with E-state index in [9.17, 15) is 19.7 Å². The maximum absolute atomic E-state index is 13.0. The molecule has 1 aromatic heterocycles. The highest BCUT2D eigenvalue weighted by Crippen LogP contribution is 2.65. The summed E-state index contributed by atoms with van der Waals surface area (Å²) in [6.07, 6.45) is 6.70. The van der Waals surface area contributed by atoms with Crippen molar-refractivity contribution in [3.05, 3.63) is 58.4 Å². The number of non-ortho nitro benzene ring substituents is 1. The van der Waals surface area contributed by atoms with E-state index in [4.69, 9.17) is 9.15 Å². The molecule has 2 bridgehead atoms. The summed E-state index contributed by atoms with van der Waals surface area (Å²) in [5.74, 6) is 1.39. The zero-order valence-corrected chi connectivity index (χ0v) is 17.1. The molecule has 2 aromatic rings. The maximum Gasteiger partial charge on any atom is 0.273 e. The van der Waals surface area contributed by atoms with Gasteiger partial charge in [-0.15, -0.1) is 0 Å². The summed E-state index contributed by atoms with van der Waals surface area (Å²) in [4.78, 5) is 36.4. The van der Waals surface area contributed by atoms with E-state index in [1.54, 1.807) is 18.2 Å². The van der Waals surface area contributed by atoms with Crippen molar-refractivity contribution in [3.8, 4) is 17.1 Å². The molecule has 4 aliphatic carbocycles. The van der Waals surface area contributed by atoms with Crippen molar-refractivity contribution in [2.75, 3.05) is 7.11 Å². The van der Waals surface area contributed by atoms with E-state index < -0.39 is 4.92 Å². The first-order valence-corrected chi connectivity index (χ1v) is 10.5. The molecule has 7 rings (SSSR count). The van der Waals surface area contributed by atoms with Gasteiger partial charge in [-0.2, -0.15) is 10.1 Å². The molecule has 0 unspecified atom stereocenters. The lowest BCUT2D eigenvalue weighted by atomic mass is 9.63. The van der Waals surface area contributed by atoms with Crippen LogP contribution in [0.3, 0.4) is 0 Å². The van der Waals surface area contributed by atoms with Gasteiger partial charge < -0.3 is 9.15 Å². The number of hydrogen-bond donors (Lipinski definition) is 0. The lowest BCUT2D eigenvalue weighted by Gasteiger charge is -2.37. The zero-order valence-electron chi connectivity index (χ0n) is 17.1. The molecule has 5 aliphatic rings. The number of imide groups is 1. The first-order chi connectivity index (χ1) is 15.5. The van der Waals surface area contributed by atoms with Crippen LogP contribution in [0.5, 0.6) is 5.75 Å². The third-order valence-electron chi connectivity index (χ3n) is 7.23. The molecule has 32 heavy (non-hydrogen) atoms. The van der Waals surface area contributed by atoms with E-state index in [1.807, 2.05) is 0 Å². The number of nitro groups is 1. The average molecular weight is 433 g/mol. The Labute approximate surface area is 182 Å². The molecule has 1 aromatic carbocycles. The number of nitrogens with zero attached hydrogens (tertiary/aromatic N) is 3. The summed E-state index contributed by atoms with van der Waals surface area (Å²) in [5, 5.41) is 16.2. The molecule has 0 N–H and O–H groups in total. The summed E-state index contributed by atoms with van der Waals surface area (Å²) in [7, 11) is 1.42. The fourth-order valence-electron chi connectivity index (χ4n) is 5.73. The number of benzene rings is 1. The number of hydrogen-bond acceptors (Lipinski definition) is 7. The van der Waals surface area contributed by atoms with E-state index in [1.165, 1.54) is 25.5 Å². The van der Waals surface area contributed by atoms with Crippen LogP contribution >= 0.6 is 0 Å². The van der Waals surface area contributed by atoms with Crippen molar-refractivity contribution in [1.82, 2.24) is 5.01 Å². The second-order valence-electron chi connectivity index (χ2n) is 8.73. The first kappa shape index (κ1) is 19.0. The SMILES string of the molecule is COc1cc([N+](=O)[O-])ccc1-c1ccc(C=NN2C(=O)[C@@H]3[C@H]4C=C[C@@H]([C@@H]5C[C@@H]45)[C@@H]3C2=O)o1. The molecule has 162 valence electrons. The Morgan fingerprint density at radius 2 is 1.81 bits per heavy atom. The van der Waals surface area contributed by atoms with Crippen LogP contribution in [0.2, 0.25) is 0 Å². The Morgan fingerprint density at radius 1 is 1.12 bits per heavy atom. The molecular formula is C23H19N3O6. The first-order valence-electron chi connectivity index (χ1n) is 10.5. The van der Waals surface area contributed by atoms with Crippen molar-refractivity contribution in [3.63, 3.8) is 0 Å². The van der Waals surface area contributed by atoms with Crippen LogP contribution < -0.4 is 4.74 Å². The lowest BCUT2D eigenvalue weighted by molar-refractivity contribution is -0.384. The van der Waals surface area contributed by atoms with Crippen molar-refractivity contribution < 1.29 is 23.7 Å². The van der Waals surface area contributed by atoms with Gasteiger partial charge in [-0.05, 0) is 48.3 Å². The highest BCUT2D eigenvalue weighted by atomic mass is 16.6. The Bertz CT molecular complexity index is 1190. The van der Waals surface area contributed by atoms with Gasteiger partial charge in [-0.1, -0.05) is 12.2 Å². The number of amides is 2. The van der Waals surface area contributed by atoms with Crippen LogP contribution in [-0.4, -0.2) is 35.1 Å². The number of carbonyl (C=O) groups excluding carboxylic acids is 2.